The molecule has 25 heavy (non-hydrogen) atoms. The van der Waals surface area contributed by atoms with E-state index in [2.05, 4.69) is 42.5 Å². The molecule has 2 aliphatic heterocycles. The Morgan fingerprint density at radius 1 is 1.08 bits per heavy atom. The van der Waals surface area contributed by atoms with E-state index in [-0.39, 0.29) is 0 Å². The molecule has 2 aromatic heterocycles. The molecule has 0 aromatic carbocycles. The number of anilines is 1. The Kier molecular flexibility index (Phi) is 4.54. The van der Waals surface area contributed by atoms with Gasteiger partial charge < -0.3 is 19.1 Å². The lowest BCUT2D eigenvalue weighted by Gasteiger charge is -2.31. The zero-order valence-electron chi connectivity index (χ0n) is 14.9. The fourth-order valence-corrected chi connectivity index (χ4v) is 3.43. The molecular weight excluding hydrogens is 318 g/mol. The van der Waals surface area contributed by atoms with E-state index in [1.807, 2.05) is 6.07 Å². The van der Waals surface area contributed by atoms with Gasteiger partial charge in [-0.25, -0.2) is 15.0 Å². The summed E-state index contributed by atoms with van der Waals surface area (Å²) in [6.45, 7) is 8.05. The third-order valence-corrected chi connectivity index (χ3v) is 4.99. The van der Waals surface area contributed by atoms with Gasteiger partial charge in [0.15, 0.2) is 0 Å². The highest BCUT2D eigenvalue weighted by Gasteiger charge is 2.21. The fourth-order valence-electron chi connectivity index (χ4n) is 3.43. The highest BCUT2D eigenvalue weighted by Crippen LogP contribution is 2.21. The number of nitrogens with zero attached hydrogens (tertiary/aromatic N) is 7. The summed E-state index contributed by atoms with van der Waals surface area (Å²) in [4.78, 5) is 20.4. The molecule has 0 spiro atoms. The van der Waals surface area contributed by atoms with E-state index in [0.29, 0.717) is 5.88 Å². The molecule has 2 aliphatic rings. The van der Waals surface area contributed by atoms with E-state index in [1.54, 1.807) is 13.4 Å². The zero-order valence-corrected chi connectivity index (χ0v) is 14.9. The van der Waals surface area contributed by atoms with Crippen LogP contribution in [0, 0.1) is 0 Å². The number of hydrogen-bond donors (Lipinski definition) is 0. The third kappa shape index (κ3) is 3.59. The van der Waals surface area contributed by atoms with Crippen LogP contribution in [0.4, 0.5) is 5.82 Å². The van der Waals surface area contributed by atoms with Crippen molar-refractivity contribution in [2.24, 2.45) is 0 Å². The van der Waals surface area contributed by atoms with Crippen molar-refractivity contribution in [2.45, 2.75) is 19.6 Å². The van der Waals surface area contributed by atoms with Crippen LogP contribution in [-0.2, 0) is 19.6 Å². The smallest absolute Gasteiger partial charge is 0.218 e. The van der Waals surface area contributed by atoms with E-state index < -0.39 is 0 Å². The number of hydrogen-bond acceptors (Lipinski definition) is 7. The van der Waals surface area contributed by atoms with E-state index in [9.17, 15) is 0 Å². The quantitative estimate of drug-likeness (QED) is 0.799. The second-order valence-electron chi connectivity index (χ2n) is 6.76. The molecule has 0 unspecified atom stereocenters. The molecule has 4 heterocycles. The number of methoxy groups -OCH3 is 1. The van der Waals surface area contributed by atoms with Crippen molar-refractivity contribution in [2.75, 3.05) is 51.8 Å². The molecule has 2 aromatic rings. The number of piperazine rings is 1. The summed E-state index contributed by atoms with van der Waals surface area (Å²) < 4.78 is 7.48. The number of likely N-dealkylation sites (N-methyl/N-ethyl adjacent to an activating group) is 1. The highest BCUT2D eigenvalue weighted by molar-refractivity contribution is 5.41. The lowest BCUT2D eigenvalue weighted by Crippen LogP contribution is -2.43. The Morgan fingerprint density at radius 3 is 2.72 bits per heavy atom. The first kappa shape index (κ1) is 16.3. The van der Waals surface area contributed by atoms with E-state index in [0.717, 1.165) is 64.0 Å². The first-order chi connectivity index (χ1) is 12.2. The van der Waals surface area contributed by atoms with Gasteiger partial charge in [0.1, 0.15) is 18.0 Å². The summed E-state index contributed by atoms with van der Waals surface area (Å²) in [5, 5.41) is 0. The van der Waals surface area contributed by atoms with Crippen molar-refractivity contribution in [3.8, 4) is 5.88 Å². The molecule has 4 rings (SSSR count). The Hall–Kier alpha value is -2.19. The SMILES string of the molecule is COc1cc(N2CCn3cc(CN4CCN(C)CC4)nc3C2)ncn1. The largest absolute Gasteiger partial charge is 0.481 e. The minimum atomic E-state index is 0.592. The molecule has 0 bridgehead atoms. The van der Waals surface area contributed by atoms with Crippen molar-refractivity contribution < 1.29 is 4.74 Å². The van der Waals surface area contributed by atoms with Crippen LogP contribution in [-0.4, -0.2) is 76.2 Å². The Morgan fingerprint density at radius 2 is 1.92 bits per heavy atom. The summed E-state index contributed by atoms with van der Waals surface area (Å²) in [6.07, 6.45) is 3.76. The van der Waals surface area contributed by atoms with Gasteiger partial charge in [-0.2, -0.15) is 0 Å². The van der Waals surface area contributed by atoms with Crippen LogP contribution in [0.25, 0.3) is 0 Å². The molecule has 134 valence electrons. The molecule has 1 saturated heterocycles. The summed E-state index contributed by atoms with van der Waals surface area (Å²) in [6, 6.07) is 1.88. The average molecular weight is 343 g/mol. The first-order valence-corrected chi connectivity index (χ1v) is 8.78. The van der Waals surface area contributed by atoms with Crippen LogP contribution in [0.2, 0.25) is 0 Å². The molecule has 0 radical (unpaired) electrons. The summed E-state index contributed by atoms with van der Waals surface area (Å²) >= 11 is 0. The lowest BCUT2D eigenvalue weighted by atomic mass is 10.3. The molecule has 0 saturated carbocycles. The minimum Gasteiger partial charge on any atom is -0.481 e. The maximum Gasteiger partial charge on any atom is 0.218 e. The van der Waals surface area contributed by atoms with Crippen LogP contribution < -0.4 is 9.64 Å². The number of aromatic nitrogens is 4. The van der Waals surface area contributed by atoms with Crippen LogP contribution in [0.5, 0.6) is 5.88 Å². The van der Waals surface area contributed by atoms with Crippen molar-refractivity contribution in [3.05, 3.63) is 30.1 Å². The topological polar surface area (TPSA) is 62.6 Å². The van der Waals surface area contributed by atoms with Crippen LogP contribution >= 0.6 is 0 Å². The molecule has 1 fully saturated rings. The maximum absolute atomic E-state index is 5.20. The predicted octanol–water partition coefficient (Wildman–Crippen LogP) is 0.449. The number of fused-ring (bicyclic) bond motifs is 1. The Balaban J connectivity index is 1.44. The molecule has 8 nitrogen and oxygen atoms in total. The van der Waals surface area contributed by atoms with Crippen molar-refractivity contribution in [3.63, 3.8) is 0 Å². The van der Waals surface area contributed by atoms with Crippen molar-refractivity contribution in [1.82, 2.24) is 29.3 Å². The van der Waals surface area contributed by atoms with Gasteiger partial charge in [0.2, 0.25) is 5.88 Å². The van der Waals surface area contributed by atoms with Crippen LogP contribution in [0.3, 0.4) is 0 Å². The normalized spacial score (nSPS) is 19.0. The number of ether oxygens (including phenoxy) is 1. The summed E-state index contributed by atoms with van der Waals surface area (Å²) in [7, 11) is 3.81. The first-order valence-electron chi connectivity index (χ1n) is 8.78. The fraction of sp³-hybridized carbons (Fsp3) is 0.588. The van der Waals surface area contributed by atoms with E-state index >= 15 is 0 Å². The average Bonchev–Trinajstić information content (AvgIpc) is 3.05. The highest BCUT2D eigenvalue weighted by atomic mass is 16.5. The zero-order chi connectivity index (χ0) is 17.2. The van der Waals surface area contributed by atoms with Gasteiger partial charge in [0.25, 0.3) is 0 Å². The molecule has 0 N–H and O–H groups in total. The summed E-state index contributed by atoms with van der Waals surface area (Å²) in [5.41, 5.74) is 1.17. The van der Waals surface area contributed by atoms with E-state index in [4.69, 9.17) is 9.72 Å². The molecule has 0 aliphatic carbocycles. The Bertz CT molecular complexity index is 724. The van der Waals surface area contributed by atoms with Crippen LogP contribution in [0.15, 0.2) is 18.6 Å². The predicted molar refractivity (Wildman–Crippen MR) is 94.6 cm³/mol. The van der Waals surface area contributed by atoms with Gasteiger partial charge in [-0.1, -0.05) is 0 Å². The molecule has 0 atom stereocenters. The van der Waals surface area contributed by atoms with Crippen LogP contribution in [0.1, 0.15) is 11.5 Å². The minimum absolute atomic E-state index is 0.592. The van der Waals surface area contributed by atoms with Gasteiger partial charge in [-0.05, 0) is 7.05 Å². The van der Waals surface area contributed by atoms with Gasteiger partial charge in [0, 0.05) is 58.1 Å². The maximum atomic E-state index is 5.20. The van der Waals surface area contributed by atoms with Gasteiger partial charge >= 0.3 is 0 Å². The summed E-state index contributed by atoms with van der Waals surface area (Å²) in [5.74, 6) is 2.59. The van der Waals surface area contributed by atoms with Gasteiger partial charge in [0.05, 0.1) is 19.3 Å². The van der Waals surface area contributed by atoms with E-state index in [1.165, 1.54) is 5.69 Å². The van der Waals surface area contributed by atoms with Crippen molar-refractivity contribution in [1.29, 1.82) is 0 Å². The standard InChI is InChI=1S/C17H25N7O/c1-21-3-5-22(6-4-21)10-14-11-23-7-8-24(12-16(23)20-14)15-9-17(25-2)19-13-18-15/h9,11,13H,3-8,10,12H2,1-2H3. The van der Waals surface area contributed by atoms with Gasteiger partial charge in [-0.15, -0.1) is 0 Å². The molecular formula is C17H25N7O. The molecule has 8 heteroatoms. The van der Waals surface area contributed by atoms with Gasteiger partial charge in [-0.3, -0.25) is 4.90 Å². The second-order valence-corrected chi connectivity index (χ2v) is 6.76. The second kappa shape index (κ2) is 6.97. The Labute approximate surface area is 148 Å². The molecule has 0 amide bonds. The third-order valence-electron chi connectivity index (χ3n) is 4.99. The monoisotopic (exact) mass is 343 g/mol. The van der Waals surface area contributed by atoms with Crippen molar-refractivity contribution >= 4 is 5.82 Å². The number of imidazole rings is 1. The lowest BCUT2D eigenvalue weighted by molar-refractivity contribution is 0.147. The number of rotatable bonds is 4.